The van der Waals surface area contributed by atoms with Gasteiger partial charge in [0.1, 0.15) is 69.0 Å². The molecule has 0 aliphatic heterocycles. The van der Waals surface area contributed by atoms with Crippen LogP contribution in [0.4, 0.5) is 0 Å². The monoisotopic (exact) mass is 1840 g/mol. The largest absolute Gasteiger partial charge is 0.530 e. The quantitative estimate of drug-likeness (QED) is 0.0537. The van der Waals surface area contributed by atoms with Gasteiger partial charge in [0.2, 0.25) is 0 Å². The Balaban J connectivity index is 0.000000171. The Morgan fingerprint density at radius 3 is 0.267 bits per heavy atom. The Morgan fingerprint density at radius 2 is 0.198 bits per heavy atom. The van der Waals surface area contributed by atoms with Crippen molar-refractivity contribution >= 4 is 174 Å². The van der Waals surface area contributed by atoms with E-state index in [1.165, 1.54) is 0 Å². The van der Waals surface area contributed by atoms with Crippen molar-refractivity contribution in [2.45, 2.75) is 0 Å². The van der Waals surface area contributed by atoms with Crippen LogP contribution in [0.25, 0.3) is 0 Å². The third-order valence-electron chi connectivity index (χ3n) is 12.1. The van der Waals surface area contributed by atoms with Gasteiger partial charge in [-0.2, -0.15) is 0 Å². The van der Waals surface area contributed by atoms with Crippen LogP contribution in [0.2, 0.25) is 60.3 Å². The zero-order valence-corrected chi connectivity index (χ0v) is 66.2. The van der Waals surface area contributed by atoms with Gasteiger partial charge < -0.3 is 54.3 Å². The molecule has 0 saturated heterocycles. The van der Waals surface area contributed by atoms with Gasteiger partial charge in [-0.25, -0.2) is 0 Å². The third-order valence-corrected chi connectivity index (χ3v) is 20.0. The van der Waals surface area contributed by atoms with E-state index in [1.807, 2.05) is 0 Å². The molecule has 12 aromatic carbocycles. The number of benzene rings is 12. The van der Waals surface area contributed by atoms with Crippen LogP contribution in [0.3, 0.4) is 0 Å². The van der Waals surface area contributed by atoms with Crippen molar-refractivity contribution in [1.29, 1.82) is 0 Å². The van der Waals surface area contributed by atoms with Gasteiger partial charge in [-0.05, 0) is 146 Å². The van der Waals surface area contributed by atoms with E-state index in [0.29, 0.717) is 129 Å². The third kappa shape index (κ3) is 26.3. The second kappa shape index (κ2) is 42.8. The molecule has 0 amide bonds. The fourth-order valence-electron chi connectivity index (χ4n) is 7.41. The summed E-state index contributed by atoms with van der Waals surface area (Å²) in [6.45, 7) is 0. The van der Waals surface area contributed by atoms with Crippen LogP contribution in [-0.2, 0) is 21.1 Å². The average Bonchev–Trinajstić information content (AvgIpc) is 0.888. The maximum absolute atomic E-state index is 6.16. The van der Waals surface area contributed by atoms with Gasteiger partial charge >= 0.3 is 34.4 Å². The summed E-state index contributed by atoms with van der Waals surface area (Å²) in [4.78, 5) is 0. The van der Waals surface area contributed by atoms with E-state index in [-0.39, 0.29) is 21.1 Å². The number of halogens is 12. The molecule has 12 aromatic rings. The molecule has 0 atom stereocenters. The molecule has 0 heterocycles. The molecule has 0 fully saturated rings. The van der Waals surface area contributed by atoms with Gasteiger partial charge in [0.25, 0.3) is 0 Å². The van der Waals surface area contributed by atoms with Crippen molar-refractivity contribution in [3.63, 3.8) is 0 Å². The van der Waals surface area contributed by atoms with E-state index in [4.69, 9.17) is 193 Å². The molecule has 0 aliphatic carbocycles. The Bertz CT molecular complexity index is 3570. The SMILES string of the molecule is Clc1ccccc1OP(Oc1ccccc1Cl)Oc1ccccc1Cl.Clc1ccccc1OP(Oc1ccccc1Cl)Oc1ccccc1Cl.Clc1ccccc1OP(Oc1ccccc1Cl)Oc1ccccc1Cl.Clc1ccccc1OP(Oc1ccccc1Cl)Oc1ccccc1Cl.[Pt]. The average molecular weight is 1850 g/mol. The zero-order valence-electron chi connectivity index (χ0n) is 51.3. The Morgan fingerprint density at radius 1 is 0.129 bits per heavy atom. The molecule has 0 spiro atoms. The summed E-state index contributed by atoms with van der Waals surface area (Å²) in [5.74, 6) is 5.27. The van der Waals surface area contributed by atoms with E-state index in [9.17, 15) is 0 Å². The molecule has 12 rings (SSSR count). The van der Waals surface area contributed by atoms with Gasteiger partial charge in [0, 0.05) is 21.1 Å². The summed E-state index contributed by atoms with van der Waals surface area (Å²) in [6.07, 6.45) is 0. The molecule has 101 heavy (non-hydrogen) atoms. The van der Waals surface area contributed by atoms with Crippen molar-refractivity contribution in [2.75, 3.05) is 0 Å². The minimum absolute atomic E-state index is 0. The molecule has 0 aromatic heterocycles. The molecule has 522 valence electrons. The van der Waals surface area contributed by atoms with Gasteiger partial charge in [-0.3, -0.25) is 0 Å². The Labute approximate surface area is 663 Å². The van der Waals surface area contributed by atoms with Crippen LogP contribution in [0.5, 0.6) is 69.0 Å². The first-order valence-electron chi connectivity index (χ1n) is 28.8. The fraction of sp³-hybridized carbons (Fsp3) is 0. The van der Waals surface area contributed by atoms with Crippen molar-refractivity contribution in [1.82, 2.24) is 0 Å². The molecule has 29 heteroatoms. The van der Waals surface area contributed by atoms with Crippen LogP contribution < -0.4 is 54.3 Å². The molecule has 0 N–H and O–H groups in total. The Kier molecular flexibility index (Phi) is 34.2. The molecular weight excluding hydrogens is 1800 g/mol. The first-order chi connectivity index (χ1) is 48.5. The minimum Gasteiger partial charge on any atom is -0.407 e. The summed E-state index contributed by atoms with van der Waals surface area (Å²) in [5.41, 5.74) is 0. The normalized spacial score (nSPS) is 10.5. The van der Waals surface area contributed by atoms with Gasteiger partial charge in [0.05, 0.1) is 60.3 Å². The first-order valence-corrected chi connectivity index (χ1v) is 37.8. The minimum atomic E-state index is -1.89. The fourth-order valence-corrected chi connectivity index (χ4v) is 14.4. The van der Waals surface area contributed by atoms with Crippen LogP contribution in [-0.4, -0.2) is 0 Å². The smallest absolute Gasteiger partial charge is 0.407 e. The predicted molar refractivity (Wildman–Crippen MR) is 413 cm³/mol. The molecule has 12 nitrogen and oxygen atoms in total. The maximum atomic E-state index is 6.16. The van der Waals surface area contributed by atoms with Crippen LogP contribution in [0, 0.1) is 0 Å². The number of hydrogen-bond donors (Lipinski definition) is 0. The van der Waals surface area contributed by atoms with Crippen molar-refractivity contribution < 1.29 is 75.4 Å². The molecule has 0 bridgehead atoms. The summed E-state index contributed by atoms with van der Waals surface area (Å²) in [6, 6.07) is 84.7. The topological polar surface area (TPSA) is 111 Å². The van der Waals surface area contributed by atoms with Crippen LogP contribution >= 0.6 is 174 Å². The van der Waals surface area contributed by atoms with E-state index in [1.54, 1.807) is 291 Å². The van der Waals surface area contributed by atoms with E-state index < -0.39 is 34.4 Å². The number of rotatable bonds is 24. The molecule has 0 unspecified atom stereocenters. The molecule has 0 saturated carbocycles. The summed E-state index contributed by atoms with van der Waals surface area (Å²) in [5, 5.41) is 5.34. The predicted octanol–water partition coefficient (Wildman–Crippen LogP) is 29.6. The van der Waals surface area contributed by atoms with Gasteiger partial charge in [-0.15, -0.1) is 0 Å². The van der Waals surface area contributed by atoms with Crippen LogP contribution in [0.15, 0.2) is 291 Å². The standard InChI is InChI=1S/4C18H12Cl3O3P.Pt/c4*19-13-7-1-4-10-16(13)22-25(23-17-11-5-2-8-14(17)20)24-18-12-6-3-9-15(18)21;/h4*1-12H;. The maximum Gasteiger partial charge on any atom is 0.530 e. The van der Waals surface area contributed by atoms with E-state index in [2.05, 4.69) is 0 Å². The summed E-state index contributed by atoms with van der Waals surface area (Å²) >= 11 is 73.9. The van der Waals surface area contributed by atoms with Crippen molar-refractivity contribution in [2.24, 2.45) is 0 Å². The number of hydrogen-bond acceptors (Lipinski definition) is 12. The van der Waals surface area contributed by atoms with Gasteiger partial charge in [-0.1, -0.05) is 285 Å². The molecular formula is C72H48Cl12O12P4Pt. The van der Waals surface area contributed by atoms with Crippen LogP contribution in [0.1, 0.15) is 0 Å². The molecule has 0 radical (unpaired) electrons. The second-order valence-corrected chi connectivity index (χ2v) is 28.0. The summed E-state index contributed by atoms with van der Waals surface area (Å²) in [7, 11) is -7.57. The second-order valence-electron chi connectivity index (χ2n) is 19.2. The van der Waals surface area contributed by atoms with Crippen molar-refractivity contribution in [3.8, 4) is 69.0 Å². The Hall–Kier alpha value is -5.87. The van der Waals surface area contributed by atoms with E-state index in [0.717, 1.165) is 0 Å². The zero-order chi connectivity index (χ0) is 70.6. The number of para-hydroxylation sites is 12. The summed E-state index contributed by atoms with van der Waals surface area (Å²) < 4.78 is 70.0. The van der Waals surface area contributed by atoms with Crippen molar-refractivity contribution in [3.05, 3.63) is 351 Å². The first kappa shape index (κ1) is 80.8. The van der Waals surface area contributed by atoms with Gasteiger partial charge in [0.15, 0.2) is 0 Å². The molecule has 0 aliphatic rings. The van der Waals surface area contributed by atoms with E-state index >= 15 is 0 Å².